The molecule has 0 amide bonds. The second-order valence-electron chi connectivity index (χ2n) is 4.67. The zero-order chi connectivity index (χ0) is 12.8. The largest absolute Gasteiger partial charge is 0.347 e. The molecule has 0 radical (unpaired) electrons. The van der Waals surface area contributed by atoms with Gasteiger partial charge in [0.05, 0.1) is 0 Å². The molecular formula is C15H21ClN2. The van der Waals surface area contributed by atoms with Crippen molar-refractivity contribution in [2.45, 2.75) is 32.7 Å². The lowest BCUT2D eigenvalue weighted by Crippen LogP contribution is -2.16. The van der Waals surface area contributed by atoms with Crippen LogP contribution in [0.5, 0.6) is 0 Å². The number of nitrogens with one attached hydrogen (secondary N) is 1. The average molecular weight is 265 g/mol. The van der Waals surface area contributed by atoms with Gasteiger partial charge in [-0.05, 0) is 56.6 Å². The van der Waals surface area contributed by atoms with Crippen molar-refractivity contribution in [1.82, 2.24) is 9.88 Å². The van der Waals surface area contributed by atoms with Gasteiger partial charge >= 0.3 is 0 Å². The lowest BCUT2D eigenvalue weighted by atomic mass is 10.2. The molecule has 0 fully saturated rings. The maximum absolute atomic E-state index is 5.99. The Hall–Kier alpha value is -0.990. The number of aromatic nitrogens is 1. The first-order chi connectivity index (χ1) is 8.81. The van der Waals surface area contributed by atoms with E-state index in [4.69, 9.17) is 11.6 Å². The number of rotatable bonds is 7. The fraction of sp³-hybridized carbons (Fsp3) is 0.467. The van der Waals surface area contributed by atoms with Crippen molar-refractivity contribution in [2.75, 3.05) is 13.1 Å². The lowest BCUT2D eigenvalue weighted by Gasteiger charge is -2.06. The highest BCUT2D eigenvalue weighted by Gasteiger charge is 2.01. The molecule has 1 N–H and O–H groups in total. The third-order valence-electron chi connectivity index (χ3n) is 3.16. The Bertz CT molecular complexity index is 490. The molecule has 2 nitrogen and oxygen atoms in total. The highest BCUT2D eigenvalue weighted by Crippen LogP contribution is 2.20. The summed E-state index contributed by atoms with van der Waals surface area (Å²) in [6.45, 7) is 5.53. The number of hydrogen-bond acceptors (Lipinski definition) is 1. The molecule has 0 spiro atoms. The third kappa shape index (κ3) is 3.50. The van der Waals surface area contributed by atoms with Crippen molar-refractivity contribution >= 4 is 22.5 Å². The van der Waals surface area contributed by atoms with E-state index in [2.05, 4.69) is 35.1 Å². The van der Waals surface area contributed by atoms with Gasteiger partial charge in [0, 0.05) is 28.7 Å². The van der Waals surface area contributed by atoms with Crippen molar-refractivity contribution in [2.24, 2.45) is 0 Å². The van der Waals surface area contributed by atoms with E-state index in [1.165, 1.54) is 30.2 Å². The van der Waals surface area contributed by atoms with Gasteiger partial charge in [-0.1, -0.05) is 18.5 Å². The fourth-order valence-electron chi connectivity index (χ4n) is 2.20. The van der Waals surface area contributed by atoms with Gasteiger partial charge in [0.25, 0.3) is 0 Å². The minimum absolute atomic E-state index is 0.809. The van der Waals surface area contributed by atoms with Gasteiger partial charge in [0.1, 0.15) is 0 Å². The van der Waals surface area contributed by atoms with Crippen LogP contribution in [0, 0.1) is 0 Å². The SMILES string of the molecule is CCCNCCCCn1ccc2cc(Cl)ccc21. The summed E-state index contributed by atoms with van der Waals surface area (Å²) in [5, 5.41) is 5.47. The molecule has 0 saturated heterocycles. The Kier molecular flexibility index (Phi) is 5.09. The van der Waals surface area contributed by atoms with Gasteiger partial charge in [-0.2, -0.15) is 0 Å². The van der Waals surface area contributed by atoms with E-state index in [0.29, 0.717) is 0 Å². The van der Waals surface area contributed by atoms with E-state index in [9.17, 15) is 0 Å². The van der Waals surface area contributed by atoms with Crippen molar-refractivity contribution in [3.63, 3.8) is 0 Å². The number of benzene rings is 1. The van der Waals surface area contributed by atoms with E-state index in [1.807, 2.05) is 12.1 Å². The number of fused-ring (bicyclic) bond motifs is 1. The molecular weight excluding hydrogens is 244 g/mol. The fourth-order valence-corrected chi connectivity index (χ4v) is 2.38. The topological polar surface area (TPSA) is 17.0 Å². The smallest absolute Gasteiger partial charge is 0.0481 e. The lowest BCUT2D eigenvalue weighted by molar-refractivity contribution is 0.575. The van der Waals surface area contributed by atoms with Crippen LogP contribution in [-0.4, -0.2) is 17.7 Å². The molecule has 3 heteroatoms. The molecule has 98 valence electrons. The van der Waals surface area contributed by atoms with Gasteiger partial charge in [-0.3, -0.25) is 0 Å². The molecule has 1 aromatic heterocycles. The second kappa shape index (κ2) is 6.81. The Morgan fingerprint density at radius 3 is 2.89 bits per heavy atom. The molecule has 1 aromatic carbocycles. The predicted octanol–water partition coefficient (Wildman–Crippen LogP) is 4.07. The van der Waals surface area contributed by atoms with Crippen LogP contribution < -0.4 is 5.32 Å². The molecule has 0 unspecified atom stereocenters. The van der Waals surface area contributed by atoms with Crippen LogP contribution in [0.2, 0.25) is 5.02 Å². The van der Waals surface area contributed by atoms with E-state index in [1.54, 1.807) is 0 Å². The van der Waals surface area contributed by atoms with Crippen molar-refractivity contribution in [1.29, 1.82) is 0 Å². The van der Waals surface area contributed by atoms with E-state index >= 15 is 0 Å². The molecule has 0 aliphatic rings. The monoisotopic (exact) mass is 264 g/mol. The standard InChI is InChI=1S/C15H21ClN2/c1-2-8-17-9-3-4-10-18-11-7-13-12-14(16)5-6-15(13)18/h5-7,11-12,17H,2-4,8-10H2,1H3. The normalized spacial score (nSPS) is 11.2. The molecule has 2 aromatic rings. The zero-order valence-electron chi connectivity index (χ0n) is 11.0. The average Bonchev–Trinajstić information content (AvgIpc) is 2.76. The van der Waals surface area contributed by atoms with Crippen LogP contribution in [0.25, 0.3) is 10.9 Å². The molecule has 2 rings (SSSR count). The summed E-state index contributed by atoms with van der Waals surface area (Å²) in [4.78, 5) is 0. The first-order valence-electron chi connectivity index (χ1n) is 6.76. The minimum Gasteiger partial charge on any atom is -0.347 e. The predicted molar refractivity (Wildman–Crippen MR) is 79.3 cm³/mol. The highest BCUT2D eigenvalue weighted by atomic mass is 35.5. The summed E-state index contributed by atoms with van der Waals surface area (Å²) < 4.78 is 2.31. The number of nitrogens with zero attached hydrogens (tertiary/aromatic N) is 1. The number of unbranched alkanes of at least 4 members (excludes halogenated alkanes) is 1. The van der Waals surface area contributed by atoms with Gasteiger partial charge < -0.3 is 9.88 Å². The van der Waals surface area contributed by atoms with Crippen LogP contribution in [-0.2, 0) is 6.54 Å². The summed E-state index contributed by atoms with van der Waals surface area (Å²) in [6, 6.07) is 8.23. The summed E-state index contributed by atoms with van der Waals surface area (Å²) in [7, 11) is 0. The molecule has 0 saturated carbocycles. The quantitative estimate of drug-likeness (QED) is 0.746. The first-order valence-corrected chi connectivity index (χ1v) is 7.14. The van der Waals surface area contributed by atoms with Crippen LogP contribution >= 0.6 is 11.6 Å². The van der Waals surface area contributed by atoms with Gasteiger partial charge in [0.15, 0.2) is 0 Å². The molecule has 1 heterocycles. The van der Waals surface area contributed by atoms with Crippen molar-refractivity contribution in [3.05, 3.63) is 35.5 Å². The third-order valence-corrected chi connectivity index (χ3v) is 3.40. The Morgan fingerprint density at radius 1 is 1.17 bits per heavy atom. The van der Waals surface area contributed by atoms with Gasteiger partial charge in [0.2, 0.25) is 0 Å². The van der Waals surface area contributed by atoms with Crippen LogP contribution in [0.15, 0.2) is 30.5 Å². The Labute approximate surface area is 114 Å². The summed E-state index contributed by atoms with van der Waals surface area (Å²) in [5.74, 6) is 0. The van der Waals surface area contributed by atoms with E-state index in [-0.39, 0.29) is 0 Å². The highest BCUT2D eigenvalue weighted by molar-refractivity contribution is 6.31. The van der Waals surface area contributed by atoms with E-state index < -0.39 is 0 Å². The maximum Gasteiger partial charge on any atom is 0.0481 e. The summed E-state index contributed by atoms with van der Waals surface area (Å²) >= 11 is 5.99. The Balaban J connectivity index is 1.84. The summed E-state index contributed by atoms with van der Waals surface area (Å²) in [5.41, 5.74) is 1.28. The van der Waals surface area contributed by atoms with Gasteiger partial charge in [-0.15, -0.1) is 0 Å². The zero-order valence-corrected chi connectivity index (χ0v) is 11.7. The molecule has 18 heavy (non-hydrogen) atoms. The van der Waals surface area contributed by atoms with Crippen molar-refractivity contribution < 1.29 is 0 Å². The summed E-state index contributed by atoms with van der Waals surface area (Å²) in [6.07, 6.45) is 5.81. The number of hydrogen-bond donors (Lipinski definition) is 1. The second-order valence-corrected chi connectivity index (χ2v) is 5.11. The van der Waals surface area contributed by atoms with Crippen LogP contribution in [0.3, 0.4) is 0 Å². The van der Waals surface area contributed by atoms with Crippen molar-refractivity contribution in [3.8, 4) is 0 Å². The Morgan fingerprint density at radius 2 is 2.06 bits per heavy atom. The molecule has 0 aliphatic carbocycles. The first kappa shape index (κ1) is 13.4. The maximum atomic E-state index is 5.99. The van der Waals surface area contributed by atoms with E-state index in [0.717, 1.165) is 24.7 Å². The van der Waals surface area contributed by atoms with Crippen LogP contribution in [0.1, 0.15) is 26.2 Å². The van der Waals surface area contributed by atoms with Crippen LogP contribution in [0.4, 0.5) is 0 Å². The van der Waals surface area contributed by atoms with Gasteiger partial charge in [-0.25, -0.2) is 0 Å². The molecule has 0 atom stereocenters. The number of halogens is 1. The molecule has 0 aliphatic heterocycles. The number of aryl methyl sites for hydroxylation is 1. The minimum atomic E-state index is 0.809. The molecule has 0 bridgehead atoms.